The number of hydrogen-bond donors (Lipinski definition) is 2. The Bertz CT molecular complexity index is 941. The molecule has 0 saturated carbocycles. The number of ether oxygens (including phenoxy) is 2. The molecule has 32 heavy (non-hydrogen) atoms. The maximum atomic E-state index is 12.2. The number of benzene rings is 3. The van der Waals surface area contributed by atoms with E-state index in [4.69, 9.17) is 9.47 Å². The molecule has 0 aliphatic carbocycles. The molecule has 0 fully saturated rings. The molecule has 0 radical (unpaired) electrons. The SMILES string of the molecule is CCC(C)Oc1ccc(NCC(=O)Nc2ccc(OCCCc3ccccc3)cc2)cc1. The third kappa shape index (κ3) is 7.99. The van der Waals surface area contributed by atoms with Crippen molar-refractivity contribution in [3.8, 4) is 11.5 Å². The molecular weight excluding hydrogens is 400 g/mol. The van der Waals surface area contributed by atoms with Crippen molar-refractivity contribution in [2.24, 2.45) is 0 Å². The second-order valence-electron chi connectivity index (χ2n) is 7.72. The van der Waals surface area contributed by atoms with Crippen LogP contribution in [0.4, 0.5) is 11.4 Å². The maximum absolute atomic E-state index is 12.2. The molecule has 0 bridgehead atoms. The summed E-state index contributed by atoms with van der Waals surface area (Å²) in [5.74, 6) is 1.52. The van der Waals surface area contributed by atoms with E-state index >= 15 is 0 Å². The topological polar surface area (TPSA) is 59.6 Å². The van der Waals surface area contributed by atoms with Gasteiger partial charge in [0.2, 0.25) is 5.91 Å². The first-order valence-corrected chi connectivity index (χ1v) is 11.2. The average Bonchev–Trinajstić information content (AvgIpc) is 2.83. The van der Waals surface area contributed by atoms with Gasteiger partial charge in [0.05, 0.1) is 19.3 Å². The number of aryl methyl sites for hydroxylation is 1. The Labute approximate surface area is 190 Å². The Kier molecular flexibility index (Phi) is 8.99. The van der Waals surface area contributed by atoms with Crippen molar-refractivity contribution >= 4 is 17.3 Å². The molecule has 3 aromatic rings. The molecule has 0 saturated heterocycles. The van der Waals surface area contributed by atoms with Crippen LogP contribution >= 0.6 is 0 Å². The zero-order valence-electron chi connectivity index (χ0n) is 18.8. The van der Waals surface area contributed by atoms with E-state index in [0.717, 1.165) is 42.1 Å². The fourth-order valence-corrected chi connectivity index (χ4v) is 3.10. The predicted octanol–water partition coefficient (Wildman–Crippen LogP) is 5.93. The number of carbonyl (C=O) groups excluding carboxylic acids is 1. The number of nitrogens with one attached hydrogen (secondary N) is 2. The molecule has 2 N–H and O–H groups in total. The second kappa shape index (κ2) is 12.4. The van der Waals surface area contributed by atoms with Gasteiger partial charge in [0, 0.05) is 11.4 Å². The summed E-state index contributed by atoms with van der Waals surface area (Å²) in [6.07, 6.45) is 3.10. The van der Waals surface area contributed by atoms with Crippen LogP contribution in [0.5, 0.6) is 11.5 Å². The molecular formula is C27H32N2O3. The van der Waals surface area contributed by atoms with Gasteiger partial charge in [-0.15, -0.1) is 0 Å². The van der Waals surface area contributed by atoms with E-state index in [1.807, 2.05) is 61.5 Å². The molecule has 1 amide bonds. The van der Waals surface area contributed by atoms with E-state index in [1.54, 1.807) is 0 Å². The lowest BCUT2D eigenvalue weighted by Gasteiger charge is -2.13. The van der Waals surface area contributed by atoms with E-state index in [0.29, 0.717) is 6.61 Å². The average molecular weight is 433 g/mol. The highest BCUT2D eigenvalue weighted by Crippen LogP contribution is 2.18. The highest BCUT2D eigenvalue weighted by Gasteiger charge is 2.05. The Morgan fingerprint density at radius 1 is 0.875 bits per heavy atom. The molecule has 0 aliphatic rings. The minimum absolute atomic E-state index is 0.110. The second-order valence-corrected chi connectivity index (χ2v) is 7.72. The number of hydrogen-bond acceptors (Lipinski definition) is 4. The van der Waals surface area contributed by atoms with E-state index in [1.165, 1.54) is 5.56 Å². The molecule has 5 heteroatoms. The maximum Gasteiger partial charge on any atom is 0.243 e. The van der Waals surface area contributed by atoms with Crippen molar-refractivity contribution in [3.05, 3.63) is 84.4 Å². The van der Waals surface area contributed by atoms with Crippen LogP contribution in [0.3, 0.4) is 0 Å². The van der Waals surface area contributed by atoms with Crippen LogP contribution < -0.4 is 20.1 Å². The van der Waals surface area contributed by atoms with Crippen molar-refractivity contribution in [2.45, 2.75) is 39.2 Å². The Morgan fingerprint density at radius 2 is 1.53 bits per heavy atom. The van der Waals surface area contributed by atoms with Crippen LogP contribution in [0.1, 0.15) is 32.3 Å². The Hall–Kier alpha value is -3.47. The first-order chi connectivity index (χ1) is 15.6. The predicted molar refractivity (Wildman–Crippen MR) is 131 cm³/mol. The summed E-state index contributed by atoms with van der Waals surface area (Å²) in [7, 11) is 0. The minimum atomic E-state index is -0.110. The highest BCUT2D eigenvalue weighted by molar-refractivity contribution is 5.93. The van der Waals surface area contributed by atoms with Gasteiger partial charge < -0.3 is 20.1 Å². The number of anilines is 2. The summed E-state index contributed by atoms with van der Waals surface area (Å²) in [5, 5.41) is 6.02. The molecule has 3 aromatic carbocycles. The van der Waals surface area contributed by atoms with Gasteiger partial charge in [-0.3, -0.25) is 4.79 Å². The van der Waals surface area contributed by atoms with Gasteiger partial charge in [-0.05, 0) is 80.3 Å². The lowest BCUT2D eigenvalue weighted by atomic mass is 10.1. The van der Waals surface area contributed by atoms with Crippen LogP contribution in [0.15, 0.2) is 78.9 Å². The molecule has 0 spiro atoms. The quantitative estimate of drug-likeness (QED) is 0.349. The first kappa shape index (κ1) is 23.2. The standard InChI is InChI=1S/C27H32N2O3/c1-3-21(2)32-26-17-11-23(12-18-26)28-20-27(30)29-24-13-15-25(16-14-24)31-19-7-10-22-8-5-4-6-9-22/h4-6,8-9,11-18,21,28H,3,7,10,19-20H2,1-2H3,(H,29,30). The molecule has 0 aliphatic heterocycles. The van der Waals surface area contributed by atoms with Crippen LogP contribution in [0, 0.1) is 0 Å². The number of amides is 1. The fraction of sp³-hybridized carbons (Fsp3) is 0.296. The third-order valence-corrected chi connectivity index (χ3v) is 5.08. The van der Waals surface area contributed by atoms with E-state index in [-0.39, 0.29) is 18.6 Å². The van der Waals surface area contributed by atoms with Crippen molar-refractivity contribution < 1.29 is 14.3 Å². The molecule has 168 valence electrons. The van der Waals surface area contributed by atoms with Crippen molar-refractivity contribution in [1.29, 1.82) is 0 Å². The minimum Gasteiger partial charge on any atom is -0.494 e. The van der Waals surface area contributed by atoms with Crippen molar-refractivity contribution in [1.82, 2.24) is 0 Å². The van der Waals surface area contributed by atoms with Crippen molar-refractivity contribution in [3.63, 3.8) is 0 Å². The fourth-order valence-electron chi connectivity index (χ4n) is 3.10. The van der Waals surface area contributed by atoms with Crippen LogP contribution in [-0.2, 0) is 11.2 Å². The van der Waals surface area contributed by atoms with E-state index in [2.05, 4.69) is 41.8 Å². The Balaban J connectivity index is 1.36. The van der Waals surface area contributed by atoms with Gasteiger partial charge in [0.25, 0.3) is 0 Å². The van der Waals surface area contributed by atoms with E-state index < -0.39 is 0 Å². The summed E-state index contributed by atoms with van der Waals surface area (Å²) < 4.78 is 11.6. The van der Waals surface area contributed by atoms with Gasteiger partial charge in [0.1, 0.15) is 11.5 Å². The van der Waals surface area contributed by atoms with Gasteiger partial charge in [-0.25, -0.2) is 0 Å². The van der Waals surface area contributed by atoms with E-state index in [9.17, 15) is 4.79 Å². The highest BCUT2D eigenvalue weighted by atomic mass is 16.5. The van der Waals surface area contributed by atoms with Crippen LogP contribution in [0.25, 0.3) is 0 Å². The Morgan fingerprint density at radius 3 is 2.22 bits per heavy atom. The van der Waals surface area contributed by atoms with Crippen LogP contribution in [0.2, 0.25) is 0 Å². The van der Waals surface area contributed by atoms with Gasteiger partial charge in [-0.1, -0.05) is 37.3 Å². The molecule has 3 rings (SSSR count). The van der Waals surface area contributed by atoms with Gasteiger partial charge in [0.15, 0.2) is 0 Å². The molecule has 0 aromatic heterocycles. The van der Waals surface area contributed by atoms with Crippen LogP contribution in [-0.4, -0.2) is 25.2 Å². The van der Waals surface area contributed by atoms with Crippen molar-refractivity contribution in [2.75, 3.05) is 23.8 Å². The van der Waals surface area contributed by atoms with Gasteiger partial charge in [-0.2, -0.15) is 0 Å². The molecule has 0 heterocycles. The molecule has 1 unspecified atom stereocenters. The summed E-state index contributed by atoms with van der Waals surface area (Å²) in [5.41, 5.74) is 2.93. The third-order valence-electron chi connectivity index (χ3n) is 5.08. The number of carbonyl (C=O) groups is 1. The first-order valence-electron chi connectivity index (χ1n) is 11.2. The lowest BCUT2D eigenvalue weighted by molar-refractivity contribution is -0.114. The number of rotatable bonds is 12. The summed E-state index contributed by atoms with van der Waals surface area (Å²) >= 11 is 0. The summed E-state index contributed by atoms with van der Waals surface area (Å²) in [6.45, 7) is 4.98. The molecule has 1 atom stereocenters. The molecule has 5 nitrogen and oxygen atoms in total. The summed E-state index contributed by atoms with van der Waals surface area (Å²) in [6, 6.07) is 25.5. The zero-order valence-corrected chi connectivity index (χ0v) is 18.8. The monoisotopic (exact) mass is 432 g/mol. The smallest absolute Gasteiger partial charge is 0.243 e. The zero-order chi connectivity index (χ0) is 22.6. The normalized spacial score (nSPS) is 11.4. The largest absolute Gasteiger partial charge is 0.494 e. The summed E-state index contributed by atoms with van der Waals surface area (Å²) in [4.78, 5) is 12.2. The lowest BCUT2D eigenvalue weighted by Crippen LogP contribution is -2.21. The van der Waals surface area contributed by atoms with Gasteiger partial charge >= 0.3 is 0 Å².